The molecule has 0 saturated carbocycles. The first-order valence-electron chi connectivity index (χ1n) is 4.25. The van der Waals surface area contributed by atoms with Crippen LogP contribution in [0.5, 0.6) is 0 Å². The SMILES string of the molecule is O=Cc1cc(C=CCCBr)ccc1F. The molecule has 0 unspecified atom stereocenters. The fraction of sp³-hybridized carbons (Fsp3) is 0.182. The average Bonchev–Trinajstić information content (AvgIpc) is 2.21. The molecule has 1 rings (SSSR count). The second kappa shape index (κ2) is 5.70. The van der Waals surface area contributed by atoms with Crippen molar-refractivity contribution in [2.24, 2.45) is 0 Å². The molecule has 0 atom stereocenters. The van der Waals surface area contributed by atoms with E-state index in [1.807, 2.05) is 12.2 Å². The van der Waals surface area contributed by atoms with Gasteiger partial charge in [0, 0.05) is 5.33 Å². The predicted molar refractivity (Wildman–Crippen MR) is 59.2 cm³/mol. The van der Waals surface area contributed by atoms with Crippen LogP contribution < -0.4 is 0 Å². The van der Waals surface area contributed by atoms with Gasteiger partial charge in [0.1, 0.15) is 5.82 Å². The minimum absolute atomic E-state index is 0.103. The number of hydrogen-bond acceptors (Lipinski definition) is 1. The maximum absolute atomic E-state index is 12.9. The van der Waals surface area contributed by atoms with E-state index in [1.165, 1.54) is 12.1 Å². The van der Waals surface area contributed by atoms with Crippen molar-refractivity contribution in [3.63, 3.8) is 0 Å². The number of benzene rings is 1. The van der Waals surface area contributed by atoms with Crippen molar-refractivity contribution in [1.29, 1.82) is 0 Å². The number of hydrogen-bond donors (Lipinski definition) is 0. The Morgan fingerprint density at radius 3 is 2.86 bits per heavy atom. The highest BCUT2D eigenvalue weighted by atomic mass is 79.9. The number of carbonyl (C=O) groups excluding carboxylic acids is 1. The third-order valence-electron chi connectivity index (χ3n) is 1.73. The number of rotatable bonds is 4. The smallest absolute Gasteiger partial charge is 0.153 e. The van der Waals surface area contributed by atoms with Crippen molar-refractivity contribution >= 4 is 28.3 Å². The maximum atomic E-state index is 12.9. The largest absolute Gasteiger partial charge is 0.298 e. The second-order valence-corrected chi connectivity index (χ2v) is 3.57. The molecule has 0 spiro atoms. The van der Waals surface area contributed by atoms with Gasteiger partial charge in [0.2, 0.25) is 0 Å². The minimum Gasteiger partial charge on any atom is -0.298 e. The highest BCUT2D eigenvalue weighted by molar-refractivity contribution is 9.09. The van der Waals surface area contributed by atoms with E-state index in [4.69, 9.17) is 0 Å². The van der Waals surface area contributed by atoms with Gasteiger partial charge >= 0.3 is 0 Å². The van der Waals surface area contributed by atoms with Gasteiger partial charge in [-0.05, 0) is 24.1 Å². The Kier molecular flexibility index (Phi) is 4.53. The van der Waals surface area contributed by atoms with E-state index in [-0.39, 0.29) is 5.56 Å². The van der Waals surface area contributed by atoms with Gasteiger partial charge in [-0.2, -0.15) is 0 Å². The Hall–Kier alpha value is -0.960. The van der Waals surface area contributed by atoms with Crippen LogP contribution in [-0.2, 0) is 0 Å². The first-order chi connectivity index (χ1) is 6.77. The van der Waals surface area contributed by atoms with Crippen molar-refractivity contribution in [3.8, 4) is 0 Å². The summed E-state index contributed by atoms with van der Waals surface area (Å²) in [6.07, 6.45) is 5.27. The van der Waals surface area contributed by atoms with Crippen molar-refractivity contribution in [1.82, 2.24) is 0 Å². The van der Waals surface area contributed by atoms with E-state index in [1.54, 1.807) is 6.07 Å². The summed E-state index contributed by atoms with van der Waals surface area (Å²) in [5.74, 6) is -0.474. The Balaban J connectivity index is 2.84. The zero-order valence-corrected chi connectivity index (χ0v) is 9.13. The van der Waals surface area contributed by atoms with Crippen LogP contribution in [0.4, 0.5) is 4.39 Å². The van der Waals surface area contributed by atoms with Crippen LogP contribution >= 0.6 is 15.9 Å². The molecule has 74 valence electrons. The zero-order chi connectivity index (χ0) is 10.4. The van der Waals surface area contributed by atoms with E-state index < -0.39 is 5.82 Å². The van der Waals surface area contributed by atoms with Gasteiger partial charge in [-0.1, -0.05) is 34.1 Å². The van der Waals surface area contributed by atoms with E-state index in [0.717, 1.165) is 17.3 Å². The summed E-state index contributed by atoms with van der Waals surface area (Å²) in [6.45, 7) is 0. The fourth-order valence-corrected chi connectivity index (χ4v) is 1.30. The molecule has 0 amide bonds. The summed E-state index contributed by atoms with van der Waals surface area (Å²) in [5, 5.41) is 0.894. The van der Waals surface area contributed by atoms with Gasteiger partial charge in [0.05, 0.1) is 5.56 Å². The Morgan fingerprint density at radius 2 is 2.21 bits per heavy atom. The molecule has 0 aliphatic rings. The summed E-state index contributed by atoms with van der Waals surface area (Å²) < 4.78 is 12.9. The highest BCUT2D eigenvalue weighted by Crippen LogP contribution is 2.10. The summed E-state index contributed by atoms with van der Waals surface area (Å²) in [6, 6.07) is 4.48. The lowest BCUT2D eigenvalue weighted by molar-refractivity contribution is 0.112. The van der Waals surface area contributed by atoms with E-state index in [0.29, 0.717) is 6.29 Å². The van der Waals surface area contributed by atoms with Gasteiger partial charge in [-0.25, -0.2) is 4.39 Å². The third-order valence-corrected chi connectivity index (χ3v) is 2.19. The summed E-state index contributed by atoms with van der Waals surface area (Å²) in [7, 11) is 0. The Bertz CT molecular complexity index is 347. The molecule has 0 fully saturated rings. The topological polar surface area (TPSA) is 17.1 Å². The van der Waals surface area contributed by atoms with Crippen molar-refractivity contribution in [3.05, 3.63) is 41.2 Å². The number of halogens is 2. The van der Waals surface area contributed by atoms with Crippen LogP contribution in [0, 0.1) is 5.82 Å². The second-order valence-electron chi connectivity index (χ2n) is 2.78. The van der Waals surface area contributed by atoms with Crippen LogP contribution in [0.25, 0.3) is 6.08 Å². The quantitative estimate of drug-likeness (QED) is 0.596. The van der Waals surface area contributed by atoms with Crippen molar-refractivity contribution < 1.29 is 9.18 Å². The molecular formula is C11H10BrFO. The predicted octanol–water partition coefficient (Wildman–Crippen LogP) is 3.44. The van der Waals surface area contributed by atoms with Crippen LogP contribution in [0.2, 0.25) is 0 Å². The zero-order valence-electron chi connectivity index (χ0n) is 7.54. The molecule has 1 nitrogen and oxygen atoms in total. The fourth-order valence-electron chi connectivity index (χ4n) is 1.04. The first kappa shape index (κ1) is 11.1. The van der Waals surface area contributed by atoms with Crippen LogP contribution in [0.3, 0.4) is 0 Å². The van der Waals surface area contributed by atoms with Gasteiger partial charge in [0.15, 0.2) is 6.29 Å². The van der Waals surface area contributed by atoms with E-state index in [9.17, 15) is 9.18 Å². The molecule has 0 aliphatic heterocycles. The normalized spacial score (nSPS) is 10.7. The highest BCUT2D eigenvalue weighted by Gasteiger charge is 1.99. The summed E-state index contributed by atoms with van der Waals surface area (Å²) in [5.41, 5.74) is 0.945. The van der Waals surface area contributed by atoms with Crippen molar-refractivity contribution in [2.45, 2.75) is 6.42 Å². The summed E-state index contributed by atoms with van der Waals surface area (Å²) in [4.78, 5) is 10.4. The molecule has 0 heterocycles. The minimum atomic E-state index is -0.474. The molecular weight excluding hydrogens is 247 g/mol. The molecule has 0 aliphatic carbocycles. The molecule has 0 saturated heterocycles. The maximum Gasteiger partial charge on any atom is 0.153 e. The third kappa shape index (κ3) is 3.07. The molecule has 1 aromatic carbocycles. The monoisotopic (exact) mass is 256 g/mol. The lowest BCUT2D eigenvalue weighted by Crippen LogP contribution is -1.87. The molecule has 3 heteroatoms. The molecule has 14 heavy (non-hydrogen) atoms. The van der Waals surface area contributed by atoms with Crippen LogP contribution in [0.15, 0.2) is 24.3 Å². The molecule has 0 bridgehead atoms. The molecule has 0 radical (unpaired) electrons. The molecule has 0 N–H and O–H groups in total. The first-order valence-corrected chi connectivity index (χ1v) is 5.37. The van der Waals surface area contributed by atoms with Gasteiger partial charge in [0.25, 0.3) is 0 Å². The number of allylic oxidation sites excluding steroid dienone is 1. The van der Waals surface area contributed by atoms with Crippen LogP contribution in [0.1, 0.15) is 22.3 Å². The molecule has 0 aromatic heterocycles. The molecule has 1 aromatic rings. The summed E-state index contributed by atoms with van der Waals surface area (Å²) >= 11 is 3.30. The van der Waals surface area contributed by atoms with E-state index >= 15 is 0 Å². The Morgan fingerprint density at radius 1 is 1.43 bits per heavy atom. The lowest BCUT2D eigenvalue weighted by atomic mass is 10.1. The van der Waals surface area contributed by atoms with Crippen LogP contribution in [-0.4, -0.2) is 11.6 Å². The number of alkyl halides is 1. The standard InChI is InChI=1S/C11H10BrFO/c12-6-2-1-3-9-4-5-11(13)10(7-9)8-14/h1,3-5,7-8H,2,6H2. The Labute approximate surface area is 90.8 Å². The lowest BCUT2D eigenvalue weighted by Gasteiger charge is -1.96. The van der Waals surface area contributed by atoms with Crippen molar-refractivity contribution in [2.75, 3.05) is 5.33 Å². The number of carbonyl (C=O) groups is 1. The van der Waals surface area contributed by atoms with Gasteiger partial charge in [-0.3, -0.25) is 4.79 Å². The number of aldehydes is 1. The van der Waals surface area contributed by atoms with E-state index in [2.05, 4.69) is 15.9 Å². The van der Waals surface area contributed by atoms with Gasteiger partial charge in [-0.15, -0.1) is 0 Å². The van der Waals surface area contributed by atoms with Gasteiger partial charge < -0.3 is 0 Å². The average molecular weight is 257 g/mol.